The molecular formula is C27H41N9O6. The van der Waals surface area contributed by atoms with Crippen molar-refractivity contribution in [3.05, 3.63) is 36.0 Å². The summed E-state index contributed by atoms with van der Waals surface area (Å²) in [5, 5.41) is 18.0. The van der Waals surface area contributed by atoms with Crippen molar-refractivity contribution in [3.8, 4) is 0 Å². The van der Waals surface area contributed by atoms with Crippen LogP contribution in [0, 0.1) is 5.92 Å². The number of para-hydroxylation sites is 1. The standard InChI is InChI=1S/C27H41N9O6/c1-3-14(2)22(29)25(40)36-20(12-21(28)37)24(39)35-19(11-15-13-33-17-8-5-4-7-16(15)17)23(38)34-18(26(41)42)9-6-10-32-27(30)31/h4-5,7-8,13-14,18-20,22,33H,3,6,9-12,29H2,1-2H3,(H2,28,37)(H,34,38)(H,35,39)(H,36,40)(H,41,42)(H4,30,31,32). The third kappa shape index (κ3) is 10.1. The summed E-state index contributed by atoms with van der Waals surface area (Å²) in [7, 11) is 0. The third-order valence-electron chi connectivity index (χ3n) is 6.89. The highest BCUT2D eigenvalue weighted by molar-refractivity contribution is 5.96. The number of aromatic amines is 1. The number of hydrogen-bond donors (Lipinski definition) is 9. The maximum Gasteiger partial charge on any atom is 0.326 e. The molecule has 15 nitrogen and oxygen atoms in total. The zero-order valence-electron chi connectivity index (χ0n) is 23.8. The number of nitrogens with zero attached hydrogens (tertiary/aromatic N) is 1. The number of primary amides is 1. The van der Waals surface area contributed by atoms with E-state index in [4.69, 9.17) is 22.9 Å². The molecule has 1 aromatic carbocycles. The van der Waals surface area contributed by atoms with Crippen LogP contribution in [0.3, 0.4) is 0 Å². The van der Waals surface area contributed by atoms with Crippen LogP contribution in [0.1, 0.15) is 45.1 Å². The van der Waals surface area contributed by atoms with Crippen molar-refractivity contribution in [2.45, 2.75) is 70.1 Å². The summed E-state index contributed by atoms with van der Waals surface area (Å²) in [6.07, 6.45) is 1.97. The van der Waals surface area contributed by atoms with Gasteiger partial charge >= 0.3 is 5.97 Å². The number of fused-ring (bicyclic) bond motifs is 1. The van der Waals surface area contributed by atoms with Crippen LogP contribution in [-0.2, 0) is 30.4 Å². The summed E-state index contributed by atoms with van der Waals surface area (Å²) in [4.78, 5) is 70.0. The van der Waals surface area contributed by atoms with E-state index in [1.807, 2.05) is 31.2 Å². The summed E-state index contributed by atoms with van der Waals surface area (Å²) >= 11 is 0. The first-order chi connectivity index (χ1) is 19.8. The van der Waals surface area contributed by atoms with Gasteiger partial charge in [-0.25, -0.2) is 4.79 Å². The second kappa shape index (κ2) is 16.0. The molecule has 1 aromatic heterocycles. The molecule has 5 atom stereocenters. The minimum atomic E-state index is -1.42. The third-order valence-corrected chi connectivity index (χ3v) is 6.89. The Bertz CT molecular complexity index is 1290. The van der Waals surface area contributed by atoms with Crippen LogP contribution < -0.4 is 38.9 Å². The number of carbonyl (C=O) groups is 5. The van der Waals surface area contributed by atoms with Crippen molar-refractivity contribution in [1.82, 2.24) is 20.9 Å². The normalized spacial score (nSPS) is 14.5. The minimum Gasteiger partial charge on any atom is -0.480 e. The molecule has 0 spiro atoms. The van der Waals surface area contributed by atoms with Gasteiger partial charge in [0.25, 0.3) is 0 Å². The topological polar surface area (TPSA) is 274 Å². The lowest BCUT2D eigenvalue weighted by Gasteiger charge is -2.25. The van der Waals surface area contributed by atoms with Gasteiger partial charge in [-0.2, -0.15) is 0 Å². The molecule has 4 amide bonds. The fourth-order valence-electron chi connectivity index (χ4n) is 4.23. The first-order valence-electron chi connectivity index (χ1n) is 13.6. The Morgan fingerprint density at radius 1 is 0.952 bits per heavy atom. The molecule has 5 unspecified atom stereocenters. The Hall–Kier alpha value is -4.66. The van der Waals surface area contributed by atoms with E-state index in [0.29, 0.717) is 12.0 Å². The van der Waals surface area contributed by atoms with Gasteiger partial charge in [0.2, 0.25) is 23.6 Å². The van der Waals surface area contributed by atoms with Gasteiger partial charge in [-0.15, -0.1) is 0 Å². The molecule has 0 aliphatic rings. The smallest absolute Gasteiger partial charge is 0.326 e. The van der Waals surface area contributed by atoms with E-state index in [0.717, 1.165) is 10.9 Å². The molecule has 0 fully saturated rings. The Kier molecular flexibility index (Phi) is 12.7. The molecule has 2 rings (SSSR count). The molecule has 13 N–H and O–H groups in total. The molecule has 0 radical (unpaired) electrons. The van der Waals surface area contributed by atoms with Gasteiger partial charge in [0.05, 0.1) is 12.5 Å². The molecule has 0 bridgehead atoms. The highest BCUT2D eigenvalue weighted by Gasteiger charge is 2.32. The number of carboxylic acid groups (broad SMARTS) is 1. The number of nitrogens with two attached hydrogens (primary N) is 4. The number of rotatable bonds is 17. The zero-order chi connectivity index (χ0) is 31.4. The average Bonchev–Trinajstić information content (AvgIpc) is 3.34. The van der Waals surface area contributed by atoms with Crippen LogP contribution in [-0.4, -0.2) is 76.4 Å². The van der Waals surface area contributed by atoms with Crippen LogP contribution in [0.5, 0.6) is 0 Å². The van der Waals surface area contributed by atoms with Crippen LogP contribution in [0.4, 0.5) is 0 Å². The summed E-state index contributed by atoms with van der Waals surface area (Å²) < 4.78 is 0. The van der Waals surface area contributed by atoms with E-state index in [1.54, 1.807) is 13.1 Å². The number of guanidine groups is 1. The number of carboxylic acids is 1. The van der Waals surface area contributed by atoms with E-state index in [9.17, 15) is 29.1 Å². The summed E-state index contributed by atoms with van der Waals surface area (Å²) in [5.74, 6) is -4.81. The molecule has 0 saturated heterocycles. The molecule has 0 aliphatic carbocycles. The maximum absolute atomic E-state index is 13.4. The van der Waals surface area contributed by atoms with Gasteiger partial charge < -0.3 is 49.0 Å². The van der Waals surface area contributed by atoms with E-state index in [1.165, 1.54) is 0 Å². The lowest BCUT2D eigenvalue weighted by atomic mass is 9.98. The number of benzene rings is 1. The summed E-state index contributed by atoms with van der Waals surface area (Å²) in [6, 6.07) is 2.35. The van der Waals surface area contributed by atoms with E-state index >= 15 is 0 Å². The number of aliphatic imine (C=N–C) groups is 1. The SMILES string of the molecule is CCC(C)C(N)C(=O)NC(CC(N)=O)C(=O)NC(Cc1c[nH]c2ccccc12)C(=O)NC(CCCN=C(N)N)C(=O)O. The fourth-order valence-corrected chi connectivity index (χ4v) is 4.23. The lowest BCUT2D eigenvalue weighted by Crippen LogP contribution is -2.58. The first kappa shape index (κ1) is 33.5. The highest BCUT2D eigenvalue weighted by Crippen LogP contribution is 2.19. The van der Waals surface area contributed by atoms with Crippen molar-refractivity contribution in [1.29, 1.82) is 0 Å². The number of aliphatic carboxylic acids is 1. The van der Waals surface area contributed by atoms with Crippen molar-refractivity contribution in [2.75, 3.05) is 6.54 Å². The number of aromatic nitrogens is 1. The van der Waals surface area contributed by atoms with Crippen LogP contribution in [0.25, 0.3) is 10.9 Å². The molecule has 0 aliphatic heterocycles. The molecular weight excluding hydrogens is 546 g/mol. The van der Waals surface area contributed by atoms with Gasteiger partial charge in [-0.05, 0) is 30.4 Å². The van der Waals surface area contributed by atoms with Crippen molar-refractivity contribution < 1.29 is 29.1 Å². The Balaban J connectivity index is 2.31. The Morgan fingerprint density at radius 2 is 1.57 bits per heavy atom. The zero-order valence-corrected chi connectivity index (χ0v) is 23.8. The number of carbonyl (C=O) groups excluding carboxylic acids is 4. The molecule has 42 heavy (non-hydrogen) atoms. The molecule has 1 heterocycles. The largest absolute Gasteiger partial charge is 0.480 e. The molecule has 15 heteroatoms. The monoisotopic (exact) mass is 587 g/mol. The van der Waals surface area contributed by atoms with Gasteiger partial charge in [-0.3, -0.25) is 24.2 Å². The van der Waals surface area contributed by atoms with Crippen molar-refractivity contribution in [3.63, 3.8) is 0 Å². The minimum absolute atomic E-state index is 0.0134. The van der Waals surface area contributed by atoms with E-state index < -0.39 is 60.2 Å². The predicted molar refractivity (Wildman–Crippen MR) is 157 cm³/mol. The van der Waals surface area contributed by atoms with Gasteiger partial charge in [0.1, 0.15) is 18.1 Å². The molecule has 0 saturated carbocycles. The molecule has 2 aromatic rings. The van der Waals surface area contributed by atoms with Crippen LogP contribution in [0.2, 0.25) is 0 Å². The van der Waals surface area contributed by atoms with E-state index in [-0.39, 0.29) is 37.7 Å². The van der Waals surface area contributed by atoms with Crippen molar-refractivity contribution >= 4 is 46.5 Å². The second-order valence-corrected chi connectivity index (χ2v) is 10.1. The van der Waals surface area contributed by atoms with Gasteiger partial charge in [0, 0.05) is 30.1 Å². The maximum atomic E-state index is 13.4. The van der Waals surface area contributed by atoms with Crippen LogP contribution in [0.15, 0.2) is 35.5 Å². The highest BCUT2D eigenvalue weighted by atomic mass is 16.4. The Morgan fingerprint density at radius 3 is 2.19 bits per heavy atom. The number of hydrogen-bond acceptors (Lipinski definition) is 7. The summed E-state index contributed by atoms with van der Waals surface area (Å²) in [5.41, 5.74) is 23.4. The predicted octanol–water partition coefficient (Wildman–Crippen LogP) is -1.45. The lowest BCUT2D eigenvalue weighted by molar-refractivity contribution is -0.142. The quantitative estimate of drug-likeness (QED) is 0.0594. The van der Waals surface area contributed by atoms with Crippen LogP contribution >= 0.6 is 0 Å². The number of nitrogens with one attached hydrogen (secondary N) is 4. The van der Waals surface area contributed by atoms with Gasteiger partial charge in [-0.1, -0.05) is 38.5 Å². The summed E-state index contributed by atoms with van der Waals surface area (Å²) in [6.45, 7) is 3.78. The number of amides is 4. The first-order valence-corrected chi connectivity index (χ1v) is 13.6. The van der Waals surface area contributed by atoms with Gasteiger partial charge in [0.15, 0.2) is 5.96 Å². The second-order valence-electron chi connectivity index (χ2n) is 10.1. The van der Waals surface area contributed by atoms with Crippen molar-refractivity contribution in [2.24, 2.45) is 33.8 Å². The number of H-pyrrole nitrogens is 1. The fraction of sp³-hybridized carbons (Fsp3) is 0.481. The van der Waals surface area contributed by atoms with E-state index in [2.05, 4.69) is 25.9 Å². The Labute approximate surface area is 243 Å². The average molecular weight is 588 g/mol. The molecule has 230 valence electrons.